The van der Waals surface area contributed by atoms with Crippen LogP contribution in [0.2, 0.25) is 0 Å². The maximum absolute atomic E-state index is 8.61. The van der Waals surface area contributed by atoms with Gasteiger partial charge in [-0.25, -0.2) is 0 Å². The summed E-state index contributed by atoms with van der Waals surface area (Å²) in [5.74, 6) is 0. The molecule has 3 N–H and O–H groups in total. The Balaban J connectivity index is 2.70. The van der Waals surface area contributed by atoms with Crippen molar-refractivity contribution in [1.82, 2.24) is 0 Å². The third-order valence-corrected chi connectivity index (χ3v) is 2.09. The lowest BCUT2D eigenvalue weighted by Gasteiger charge is -2.07. The van der Waals surface area contributed by atoms with Crippen molar-refractivity contribution in [3.8, 4) is 6.07 Å². The molecule has 0 saturated carbocycles. The van der Waals surface area contributed by atoms with Crippen LogP contribution in [0, 0.1) is 11.3 Å². The van der Waals surface area contributed by atoms with Crippen LogP contribution >= 0.6 is 0 Å². The summed E-state index contributed by atoms with van der Waals surface area (Å²) in [7, 11) is 0. The first-order valence-electron chi connectivity index (χ1n) is 4.88. The number of nitrogens with zero attached hydrogens (tertiary/aromatic N) is 1. The third kappa shape index (κ3) is 3.35. The fourth-order valence-corrected chi connectivity index (χ4v) is 1.27. The Morgan fingerprint density at radius 2 is 2.33 bits per heavy atom. The lowest BCUT2D eigenvalue weighted by atomic mass is 10.1. The SMILES string of the molecule is C=CCCNc1ccc(N)c(CC#N)c1. The molecule has 78 valence electrons. The highest BCUT2D eigenvalue weighted by atomic mass is 14.9. The van der Waals surface area contributed by atoms with Crippen LogP contribution in [0.5, 0.6) is 0 Å². The summed E-state index contributed by atoms with van der Waals surface area (Å²) in [6.45, 7) is 4.50. The molecule has 0 spiro atoms. The van der Waals surface area contributed by atoms with Gasteiger partial charge in [0.1, 0.15) is 0 Å². The van der Waals surface area contributed by atoms with Gasteiger partial charge in [0, 0.05) is 17.9 Å². The molecular formula is C12H15N3. The van der Waals surface area contributed by atoms with E-state index < -0.39 is 0 Å². The summed E-state index contributed by atoms with van der Waals surface area (Å²) in [5.41, 5.74) is 8.28. The predicted molar refractivity (Wildman–Crippen MR) is 63.5 cm³/mol. The molecule has 1 aromatic rings. The molecule has 1 rings (SSSR count). The highest BCUT2D eigenvalue weighted by Gasteiger charge is 1.99. The molecule has 1 aromatic carbocycles. The Hall–Kier alpha value is -1.95. The Morgan fingerprint density at radius 3 is 3.00 bits per heavy atom. The van der Waals surface area contributed by atoms with E-state index in [2.05, 4.69) is 18.0 Å². The normalized spacial score (nSPS) is 9.27. The van der Waals surface area contributed by atoms with Gasteiger partial charge >= 0.3 is 0 Å². The van der Waals surface area contributed by atoms with Crippen molar-refractivity contribution in [2.45, 2.75) is 12.8 Å². The quantitative estimate of drug-likeness (QED) is 0.436. The fourth-order valence-electron chi connectivity index (χ4n) is 1.27. The van der Waals surface area contributed by atoms with E-state index in [1.807, 2.05) is 24.3 Å². The number of nitrogens with one attached hydrogen (secondary N) is 1. The summed E-state index contributed by atoms with van der Waals surface area (Å²) in [5, 5.41) is 11.8. The summed E-state index contributed by atoms with van der Waals surface area (Å²) >= 11 is 0. The first kappa shape index (κ1) is 11.1. The molecular weight excluding hydrogens is 186 g/mol. The maximum Gasteiger partial charge on any atom is 0.0670 e. The first-order chi connectivity index (χ1) is 7.27. The second-order valence-corrected chi connectivity index (χ2v) is 3.25. The standard InChI is InChI=1S/C12H15N3/c1-2-3-8-15-11-4-5-12(14)10(9-11)6-7-13/h2,4-5,9,15H,1,3,6,8,14H2. The second-order valence-electron chi connectivity index (χ2n) is 3.25. The smallest absolute Gasteiger partial charge is 0.0670 e. The third-order valence-electron chi connectivity index (χ3n) is 2.09. The Kier molecular flexibility index (Phi) is 4.24. The van der Waals surface area contributed by atoms with Gasteiger partial charge in [0.25, 0.3) is 0 Å². The van der Waals surface area contributed by atoms with Crippen LogP contribution in [0.4, 0.5) is 11.4 Å². The molecule has 3 nitrogen and oxygen atoms in total. The zero-order chi connectivity index (χ0) is 11.1. The van der Waals surface area contributed by atoms with Crippen molar-refractivity contribution >= 4 is 11.4 Å². The molecule has 0 saturated heterocycles. The van der Waals surface area contributed by atoms with Crippen molar-refractivity contribution in [2.24, 2.45) is 0 Å². The predicted octanol–water partition coefficient (Wildman–Crippen LogP) is 2.32. The molecule has 0 fully saturated rings. The Morgan fingerprint density at radius 1 is 1.53 bits per heavy atom. The molecule has 0 aliphatic heterocycles. The van der Waals surface area contributed by atoms with Crippen molar-refractivity contribution in [3.05, 3.63) is 36.4 Å². The van der Waals surface area contributed by atoms with Gasteiger partial charge in [-0.05, 0) is 30.2 Å². The van der Waals surface area contributed by atoms with Crippen molar-refractivity contribution in [2.75, 3.05) is 17.6 Å². The van der Waals surface area contributed by atoms with Crippen molar-refractivity contribution in [3.63, 3.8) is 0 Å². The van der Waals surface area contributed by atoms with E-state index in [1.54, 1.807) is 0 Å². The lowest BCUT2D eigenvalue weighted by molar-refractivity contribution is 1.07. The average Bonchev–Trinajstić information content (AvgIpc) is 2.23. The van der Waals surface area contributed by atoms with Crippen LogP contribution in [0.15, 0.2) is 30.9 Å². The molecule has 0 unspecified atom stereocenters. The second kappa shape index (κ2) is 5.71. The maximum atomic E-state index is 8.61. The molecule has 0 amide bonds. The topological polar surface area (TPSA) is 61.8 Å². The van der Waals surface area contributed by atoms with Gasteiger partial charge in [-0.2, -0.15) is 5.26 Å². The molecule has 0 aliphatic rings. The number of hydrogen-bond donors (Lipinski definition) is 2. The van der Waals surface area contributed by atoms with Crippen LogP contribution in [0.25, 0.3) is 0 Å². The number of benzene rings is 1. The molecule has 0 aliphatic carbocycles. The van der Waals surface area contributed by atoms with E-state index in [9.17, 15) is 0 Å². The van der Waals surface area contributed by atoms with E-state index in [-0.39, 0.29) is 0 Å². The Labute approximate surface area is 90.2 Å². The molecule has 0 radical (unpaired) electrons. The highest BCUT2D eigenvalue weighted by molar-refractivity contribution is 5.57. The molecule has 0 atom stereocenters. The molecule has 0 aromatic heterocycles. The molecule has 0 bridgehead atoms. The van der Waals surface area contributed by atoms with Crippen molar-refractivity contribution < 1.29 is 0 Å². The fraction of sp³-hybridized carbons (Fsp3) is 0.250. The van der Waals surface area contributed by atoms with Crippen LogP contribution in [0.1, 0.15) is 12.0 Å². The average molecular weight is 201 g/mol. The largest absolute Gasteiger partial charge is 0.398 e. The highest BCUT2D eigenvalue weighted by Crippen LogP contribution is 2.18. The van der Waals surface area contributed by atoms with Crippen molar-refractivity contribution in [1.29, 1.82) is 5.26 Å². The van der Waals surface area contributed by atoms with Gasteiger partial charge in [0.05, 0.1) is 12.5 Å². The number of anilines is 2. The molecule has 0 heterocycles. The first-order valence-corrected chi connectivity index (χ1v) is 4.88. The summed E-state index contributed by atoms with van der Waals surface area (Å²) in [4.78, 5) is 0. The Bertz CT molecular complexity index is 377. The van der Waals surface area contributed by atoms with Gasteiger partial charge in [-0.3, -0.25) is 0 Å². The van der Waals surface area contributed by atoms with Crippen LogP contribution in [-0.2, 0) is 6.42 Å². The van der Waals surface area contributed by atoms with E-state index in [0.717, 1.165) is 24.2 Å². The number of hydrogen-bond acceptors (Lipinski definition) is 3. The minimum absolute atomic E-state index is 0.350. The molecule has 15 heavy (non-hydrogen) atoms. The van der Waals surface area contributed by atoms with E-state index >= 15 is 0 Å². The minimum atomic E-state index is 0.350. The van der Waals surface area contributed by atoms with Crippen LogP contribution in [0.3, 0.4) is 0 Å². The zero-order valence-corrected chi connectivity index (χ0v) is 8.66. The van der Waals surface area contributed by atoms with Gasteiger partial charge in [0.2, 0.25) is 0 Å². The molecule has 3 heteroatoms. The van der Waals surface area contributed by atoms with Gasteiger partial charge in [-0.1, -0.05) is 6.08 Å². The van der Waals surface area contributed by atoms with Gasteiger partial charge in [0.15, 0.2) is 0 Å². The van der Waals surface area contributed by atoms with Crippen LogP contribution in [-0.4, -0.2) is 6.54 Å². The number of rotatable bonds is 5. The summed E-state index contributed by atoms with van der Waals surface area (Å²) < 4.78 is 0. The number of nitriles is 1. The number of nitrogen functional groups attached to an aromatic ring is 1. The summed E-state index contributed by atoms with van der Waals surface area (Å²) in [6, 6.07) is 7.75. The van der Waals surface area contributed by atoms with E-state index in [4.69, 9.17) is 11.0 Å². The van der Waals surface area contributed by atoms with Gasteiger partial charge < -0.3 is 11.1 Å². The van der Waals surface area contributed by atoms with E-state index in [1.165, 1.54) is 0 Å². The van der Waals surface area contributed by atoms with E-state index in [0.29, 0.717) is 12.1 Å². The lowest BCUT2D eigenvalue weighted by Crippen LogP contribution is -2.02. The monoisotopic (exact) mass is 201 g/mol. The minimum Gasteiger partial charge on any atom is -0.398 e. The van der Waals surface area contributed by atoms with Gasteiger partial charge in [-0.15, -0.1) is 6.58 Å². The summed E-state index contributed by atoms with van der Waals surface area (Å²) in [6.07, 6.45) is 3.13. The number of nitrogens with two attached hydrogens (primary N) is 1. The zero-order valence-electron chi connectivity index (χ0n) is 8.66. The van der Waals surface area contributed by atoms with Crippen LogP contribution < -0.4 is 11.1 Å².